The molecule has 1 aliphatic rings. The van der Waals surface area contributed by atoms with Gasteiger partial charge in [0.2, 0.25) is 10.0 Å². The number of benzene rings is 2. The first kappa shape index (κ1) is 21.3. The van der Waals surface area contributed by atoms with Crippen molar-refractivity contribution in [2.45, 2.75) is 31.5 Å². The fourth-order valence-corrected chi connectivity index (χ4v) is 4.09. The average Bonchev–Trinajstić information content (AvgIpc) is 3.12. The molecule has 1 heterocycles. The number of halogens is 1. The Morgan fingerprint density at radius 3 is 2.17 bits per heavy atom. The quantitative estimate of drug-likeness (QED) is 0.749. The van der Waals surface area contributed by atoms with E-state index < -0.39 is 22.2 Å². The van der Waals surface area contributed by atoms with Gasteiger partial charge in [0, 0.05) is 18.2 Å². The number of amides is 1. The maximum absolute atomic E-state index is 13.4. The minimum atomic E-state index is -3.30. The fraction of sp³-hybridized carbons (Fsp3) is 0.381. The summed E-state index contributed by atoms with van der Waals surface area (Å²) in [6.45, 7) is 2.59. The van der Waals surface area contributed by atoms with Crippen molar-refractivity contribution in [2.24, 2.45) is 0 Å². The summed E-state index contributed by atoms with van der Waals surface area (Å²) in [7, 11) is -3.30. The Morgan fingerprint density at radius 2 is 1.69 bits per heavy atom. The van der Waals surface area contributed by atoms with E-state index in [2.05, 4.69) is 10.5 Å². The van der Waals surface area contributed by atoms with Crippen LogP contribution in [0.4, 0.5) is 10.1 Å². The molecule has 6 nitrogen and oxygen atoms in total. The normalized spacial score (nSPS) is 19.0. The van der Waals surface area contributed by atoms with Crippen LogP contribution in [-0.4, -0.2) is 50.8 Å². The van der Waals surface area contributed by atoms with Gasteiger partial charge in [-0.25, -0.2) is 12.8 Å². The molecule has 0 saturated carbocycles. The van der Waals surface area contributed by atoms with E-state index in [1.807, 2.05) is 43.3 Å². The van der Waals surface area contributed by atoms with E-state index in [9.17, 15) is 17.6 Å². The predicted octanol–water partition coefficient (Wildman–Crippen LogP) is 2.01. The third-order valence-electron chi connectivity index (χ3n) is 5.32. The molecule has 2 aromatic rings. The van der Waals surface area contributed by atoms with Gasteiger partial charge >= 0.3 is 0 Å². The number of likely N-dealkylation sites (tertiary alicyclic amines) is 1. The number of nitrogens with zero attached hydrogens (tertiary/aromatic N) is 1. The molecule has 0 unspecified atom stereocenters. The van der Waals surface area contributed by atoms with Crippen LogP contribution in [0, 0.1) is 0 Å². The number of alkyl halides is 1. The van der Waals surface area contributed by atoms with Crippen molar-refractivity contribution in [2.75, 3.05) is 24.1 Å². The van der Waals surface area contributed by atoms with E-state index in [1.54, 1.807) is 17.0 Å². The molecule has 0 spiro atoms. The van der Waals surface area contributed by atoms with Gasteiger partial charge in [0.1, 0.15) is 6.17 Å². The van der Waals surface area contributed by atoms with Crippen LogP contribution in [0.25, 0.3) is 11.1 Å². The summed E-state index contributed by atoms with van der Waals surface area (Å²) in [5.41, 5.74) is 7.48. The van der Waals surface area contributed by atoms with E-state index in [4.69, 9.17) is 0 Å². The van der Waals surface area contributed by atoms with E-state index in [0.717, 1.165) is 22.9 Å². The molecule has 3 rings (SSSR count). The first-order valence-electron chi connectivity index (χ1n) is 9.58. The van der Waals surface area contributed by atoms with Gasteiger partial charge in [-0.1, -0.05) is 43.3 Å². The highest BCUT2D eigenvalue weighted by atomic mass is 32.2. The molecular weight excluding hydrogens is 393 g/mol. The molecule has 156 valence electrons. The summed E-state index contributed by atoms with van der Waals surface area (Å²) in [5.74, 6) is -0.188. The number of nitrogens with one attached hydrogen (secondary N) is 1. The van der Waals surface area contributed by atoms with Crippen molar-refractivity contribution in [1.82, 2.24) is 4.90 Å². The lowest BCUT2D eigenvalue weighted by atomic mass is 9.91. The molecule has 8 heteroatoms. The van der Waals surface area contributed by atoms with E-state index in [-0.39, 0.29) is 18.4 Å². The Kier molecular flexibility index (Phi) is 6.24. The second-order valence-electron chi connectivity index (χ2n) is 7.64. The highest BCUT2D eigenvalue weighted by Gasteiger charge is 2.34. The first-order valence-corrected chi connectivity index (χ1v) is 11.5. The molecule has 1 fully saturated rings. The number of sulfonamides is 1. The molecule has 1 saturated heterocycles. The van der Waals surface area contributed by atoms with Crippen LogP contribution in [0.15, 0.2) is 48.5 Å². The van der Waals surface area contributed by atoms with Crippen molar-refractivity contribution >= 4 is 21.6 Å². The van der Waals surface area contributed by atoms with Crippen molar-refractivity contribution in [1.29, 1.82) is 0 Å². The Labute approximate surface area is 171 Å². The molecule has 4 N–H and O–H groups in total. The summed E-state index contributed by atoms with van der Waals surface area (Å²) in [4.78, 5) is 14.1. The second kappa shape index (κ2) is 8.51. The fourth-order valence-electron chi connectivity index (χ4n) is 3.52. The van der Waals surface area contributed by atoms with Gasteiger partial charge in [-0.05, 0) is 35.2 Å². The third-order valence-corrected chi connectivity index (χ3v) is 5.93. The number of hydrogen-bond acceptors (Lipinski definition) is 3. The average molecular weight is 421 g/mol. The third kappa shape index (κ3) is 5.33. The number of anilines is 1. The van der Waals surface area contributed by atoms with Crippen molar-refractivity contribution < 1.29 is 23.3 Å². The summed E-state index contributed by atoms with van der Waals surface area (Å²) in [5, 5.41) is 0. The van der Waals surface area contributed by atoms with Crippen molar-refractivity contribution in [3.05, 3.63) is 54.1 Å². The number of hydrogen-bond donors (Lipinski definition) is 2. The minimum Gasteiger partial charge on any atom is -0.347 e. The molecule has 1 aliphatic heterocycles. The number of carbonyl (C=O) groups is 1. The highest BCUT2D eigenvalue weighted by molar-refractivity contribution is 7.92. The zero-order chi connectivity index (χ0) is 21.2. The van der Waals surface area contributed by atoms with E-state index >= 15 is 0 Å². The molecule has 3 atom stereocenters. The van der Waals surface area contributed by atoms with Gasteiger partial charge in [-0.2, -0.15) is 0 Å². The SMILES string of the molecule is C[C@@H](c1ccc(-c2ccc(NS(C)(=O)=O)cc2)cc1)[C@H]([NH3+])C(=O)N1CC[C@H](F)C1. The van der Waals surface area contributed by atoms with Crippen LogP contribution in [0.1, 0.15) is 24.8 Å². The van der Waals surface area contributed by atoms with Crippen molar-refractivity contribution in [3.8, 4) is 11.1 Å². The van der Waals surface area contributed by atoms with Crippen LogP contribution in [0.3, 0.4) is 0 Å². The zero-order valence-corrected chi connectivity index (χ0v) is 17.5. The first-order chi connectivity index (χ1) is 13.6. The molecule has 29 heavy (non-hydrogen) atoms. The summed E-state index contributed by atoms with van der Waals surface area (Å²) in [6, 6.07) is 14.5. The number of quaternary nitrogens is 1. The molecule has 0 radical (unpaired) electrons. The van der Waals surface area contributed by atoms with Gasteiger partial charge < -0.3 is 10.6 Å². The lowest BCUT2D eigenvalue weighted by molar-refractivity contribution is -0.410. The van der Waals surface area contributed by atoms with Crippen LogP contribution < -0.4 is 10.5 Å². The van der Waals surface area contributed by atoms with Gasteiger partial charge in [0.15, 0.2) is 6.04 Å². The summed E-state index contributed by atoms with van der Waals surface area (Å²) in [6.07, 6.45) is 0.584. The van der Waals surface area contributed by atoms with Crippen molar-refractivity contribution in [3.63, 3.8) is 0 Å². The summed E-state index contributed by atoms with van der Waals surface area (Å²) >= 11 is 0. The van der Waals surface area contributed by atoms with Crippen LogP contribution in [-0.2, 0) is 14.8 Å². The topological polar surface area (TPSA) is 94.1 Å². The predicted molar refractivity (Wildman–Crippen MR) is 112 cm³/mol. The molecule has 0 bridgehead atoms. The lowest BCUT2D eigenvalue weighted by Crippen LogP contribution is -2.69. The Balaban J connectivity index is 1.68. The van der Waals surface area contributed by atoms with Gasteiger partial charge in [-0.3, -0.25) is 9.52 Å². The minimum absolute atomic E-state index is 0.0865. The molecular formula is C21H27FN3O3S+. The Morgan fingerprint density at radius 1 is 1.14 bits per heavy atom. The van der Waals surface area contributed by atoms with Crippen LogP contribution >= 0.6 is 0 Å². The Hall–Kier alpha value is -2.45. The van der Waals surface area contributed by atoms with Crippen LogP contribution in [0.5, 0.6) is 0 Å². The smallest absolute Gasteiger partial charge is 0.281 e. The summed E-state index contributed by atoms with van der Waals surface area (Å²) < 4.78 is 38.4. The maximum Gasteiger partial charge on any atom is 0.281 e. The van der Waals surface area contributed by atoms with Gasteiger partial charge in [0.25, 0.3) is 5.91 Å². The number of rotatable bonds is 6. The molecule has 0 aliphatic carbocycles. The monoisotopic (exact) mass is 420 g/mol. The standard InChI is InChI=1S/C21H26FN3O3S/c1-14(20(23)21(26)25-12-11-18(22)13-25)15-3-5-16(6-4-15)17-7-9-19(10-8-17)24-29(2,27)28/h3-10,14,18,20,24H,11-13,23H2,1-2H3/p+1/t14-,18-,20-/m0/s1. The van der Waals surface area contributed by atoms with Gasteiger partial charge in [0.05, 0.1) is 12.8 Å². The Bertz CT molecular complexity index is 962. The molecule has 2 aromatic carbocycles. The largest absolute Gasteiger partial charge is 0.347 e. The van der Waals surface area contributed by atoms with E-state index in [0.29, 0.717) is 18.7 Å². The van der Waals surface area contributed by atoms with E-state index in [1.165, 1.54) is 0 Å². The maximum atomic E-state index is 13.4. The molecule has 1 amide bonds. The lowest BCUT2D eigenvalue weighted by Gasteiger charge is -2.22. The zero-order valence-electron chi connectivity index (χ0n) is 16.6. The number of carbonyl (C=O) groups excluding carboxylic acids is 1. The highest BCUT2D eigenvalue weighted by Crippen LogP contribution is 2.26. The molecule has 0 aromatic heterocycles. The van der Waals surface area contributed by atoms with Crippen LogP contribution in [0.2, 0.25) is 0 Å². The second-order valence-corrected chi connectivity index (χ2v) is 9.39. The van der Waals surface area contributed by atoms with Gasteiger partial charge in [-0.15, -0.1) is 0 Å².